The van der Waals surface area contributed by atoms with Gasteiger partial charge in [-0.2, -0.15) is 0 Å². The van der Waals surface area contributed by atoms with Crippen molar-refractivity contribution < 1.29 is 14.4 Å². The van der Waals surface area contributed by atoms with Gasteiger partial charge in [-0.15, -0.1) is 0 Å². The molecular formula is C20H22N4O3. The zero-order valence-corrected chi connectivity index (χ0v) is 15.5. The molecular weight excluding hydrogens is 344 g/mol. The first kappa shape index (κ1) is 17.5. The lowest BCUT2D eigenvalue weighted by Gasteiger charge is -2.37. The number of fused-ring (bicyclic) bond motifs is 1. The predicted octanol–water partition coefficient (Wildman–Crippen LogP) is 1.59. The Morgan fingerprint density at radius 3 is 2.56 bits per heavy atom. The number of benzene rings is 1. The molecule has 0 atom stereocenters. The number of para-hydroxylation sites is 1. The second kappa shape index (κ2) is 6.33. The summed E-state index contributed by atoms with van der Waals surface area (Å²) in [4.78, 5) is 42.8. The highest BCUT2D eigenvalue weighted by Gasteiger charge is 2.48. The number of nitrogens with zero attached hydrogens (tertiary/aromatic N) is 2. The number of pyridine rings is 1. The number of likely N-dealkylation sites (tertiary alicyclic amines) is 1. The van der Waals surface area contributed by atoms with Crippen LogP contribution in [0.25, 0.3) is 10.9 Å². The predicted molar refractivity (Wildman–Crippen MR) is 100 cm³/mol. The lowest BCUT2D eigenvalue weighted by atomic mass is 9.87. The van der Waals surface area contributed by atoms with E-state index in [-0.39, 0.29) is 11.8 Å². The highest BCUT2D eigenvalue weighted by Crippen LogP contribution is 2.27. The fourth-order valence-electron chi connectivity index (χ4n) is 4.11. The number of piperidine rings is 1. The molecule has 0 saturated carbocycles. The smallest absolute Gasteiger partial charge is 0.322 e. The van der Waals surface area contributed by atoms with E-state index in [1.54, 1.807) is 4.90 Å². The summed E-state index contributed by atoms with van der Waals surface area (Å²) in [6, 6.07) is 7.49. The van der Waals surface area contributed by atoms with Gasteiger partial charge >= 0.3 is 6.03 Å². The molecule has 1 aromatic carbocycles. The monoisotopic (exact) mass is 366 g/mol. The van der Waals surface area contributed by atoms with E-state index in [9.17, 15) is 14.4 Å². The van der Waals surface area contributed by atoms with Crippen LogP contribution in [0.2, 0.25) is 0 Å². The lowest BCUT2D eigenvalue weighted by Crippen LogP contribution is -2.56. The quantitative estimate of drug-likeness (QED) is 0.790. The lowest BCUT2D eigenvalue weighted by molar-refractivity contribution is -0.135. The number of carbonyl (C=O) groups is 3. The number of carbonyl (C=O) groups excluding carboxylic acids is 3. The number of rotatable bonds is 2. The van der Waals surface area contributed by atoms with Crippen LogP contribution in [-0.4, -0.2) is 46.4 Å². The van der Waals surface area contributed by atoms with E-state index < -0.39 is 11.6 Å². The molecule has 0 unspecified atom stereocenters. The number of nitrogens with one attached hydrogen (secondary N) is 2. The summed E-state index contributed by atoms with van der Waals surface area (Å²) in [6.45, 7) is 4.87. The molecule has 3 heterocycles. The third kappa shape index (κ3) is 2.93. The number of aryl methyl sites for hydroxylation is 2. The number of urea groups is 1. The molecule has 2 saturated heterocycles. The van der Waals surface area contributed by atoms with Crippen molar-refractivity contribution in [3.8, 4) is 0 Å². The molecule has 2 aliphatic rings. The summed E-state index contributed by atoms with van der Waals surface area (Å²) in [5.74, 6) is -0.261. The molecule has 2 aromatic rings. The normalized spacial score (nSPS) is 18.7. The number of hydrogen-bond donors (Lipinski definition) is 2. The second-order valence-electron chi connectivity index (χ2n) is 7.37. The zero-order chi connectivity index (χ0) is 19.2. The molecule has 0 aliphatic carbocycles. The van der Waals surface area contributed by atoms with Crippen molar-refractivity contribution in [1.29, 1.82) is 0 Å². The van der Waals surface area contributed by atoms with E-state index in [1.807, 2.05) is 38.1 Å². The summed E-state index contributed by atoms with van der Waals surface area (Å²) in [7, 11) is 0. The minimum Gasteiger partial charge on any atom is -0.342 e. The van der Waals surface area contributed by atoms with Gasteiger partial charge in [-0.3, -0.25) is 19.9 Å². The molecule has 7 nitrogen and oxygen atoms in total. The molecule has 140 valence electrons. The van der Waals surface area contributed by atoms with Crippen molar-refractivity contribution in [2.75, 3.05) is 13.1 Å². The molecule has 1 aromatic heterocycles. The molecule has 7 heteroatoms. The topological polar surface area (TPSA) is 91.4 Å². The summed E-state index contributed by atoms with van der Waals surface area (Å²) in [5.41, 5.74) is 3.00. The Bertz CT molecular complexity index is 961. The van der Waals surface area contributed by atoms with Crippen LogP contribution >= 0.6 is 0 Å². The Balaban J connectivity index is 1.50. The maximum absolute atomic E-state index is 12.9. The van der Waals surface area contributed by atoms with Crippen LogP contribution in [0.1, 0.15) is 29.7 Å². The Labute approximate surface area is 157 Å². The van der Waals surface area contributed by atoms with Gasteiger partial charge in [-0.05, 0) is 43.9 Å². The van der Waals surface area contributed by atoms with Gasteiger partial charge in [0.1, 0.15) is 5.54 Å². The third-order valence-electron chi connectivity index (χ3n) is 5.80. The molecule has 2 N–H and O–H groups in total. The first-order chi connectivity index (χ1) is 12.9. The second-order valence-corrected chi connectivity index (χ2v) is 7.37. The van der Waals surface area contributed by atoms with Gasteiger partial charge in [0, 0.05) is 24.2 Å². The van der Waals surface area contributed by atoms with Gasteiger partial charge in [0.15, 0.2) is 0 Å². The molecule has 0 bridgehead atoms. The van der Waals surface area contributed by atoms with Crippen molar-refractivity contribution >= 4 is 28.7 Å². The van der Waals surface area contributed by atoms with Gasteiger partial charge in [-0.1, -0.05) is 18.2 Å². The SMILES string of the molecule is Cc1nc2ccccc2c(C)c1CC(=O)N1CCC2(CC1)NC(=O)NC2=O. The van der Waals surface area contributed by atoms with Crippen LogP contribution in [0, 0.1) is 13.8 Å². The van der Waals surface area contributed by atoms with Gasteiger partial charge in [0.05, 0.1) is 11.9 Å². The maximum Gasteiger partial charge on any atom is 0.322 e. The molecule has 27 heavy (non-hydrogen) atoms. The molecule has 2 aliphatic heterocycles. The average Bonchev–Trinajstić information content (AvgIpc) is 2.92. The molecule has 0 radical (unpaired) electrons. The Hall–Kier alpha value is -2.96. The largest absolute Gasteiger partial charge is 0.342 e. The van der Waals surface area contributed by atoms with Crippen molar-refractivity contribution in [3.63, 3.8) is 0 Å². The number of hydrogen-bond acceptors (Lipinski definition) is 4. The van der Waals surface area contributed by atoms with Crippen molar-refractivity contribution in [2.24, 2.45) is 0 Å². The van der Waals surface area contributed by atoms with Crippen LogP contribution in [0.4, 0.5) is 4.79 Å². The first-order valence-corrected chi connectivity index (χ1v) is 9.16. The summed E-state index contributed by atoms with van der Waals surface area (Å²) < 4.78 is 0. The fourth-order valence-corrected chi connectivity index (χ4v) is 4.11. The van der Waals surface area contributed by atoms with E-state index in [0.717, 1.165) is 27.7 Å². The first-order valence-electron chi connectivity index (χ1n) is 9.16. The van der Waals surface area contributed by atoms with Crippen LogP contribution in [0.3, 0.4) is 0 Å². The van der Waals surface area contributed by atoms with Crippen molar-refractivity contribution in [2.45, 2.75) is 38.6 Å². The van der Waals surface area contributed by atoms with E-state index in [0.29, 0.717) is 32.4 Å². The maximum atomic E-state index is 12.9. The van der Waals surface area contributed by atoms with E-state index in [2.05, 4.69) is 15.6 Å². The van der Waals surface area contributed by atoms with Crippen LogP contribution in [0.5, 0.6) is 0 Å². The minimum atomic E-state index is -0.857. The number of imide groups is 1. The Morgan fingerprint density at radius 1 is 1.19 bits per heavy atom. The number of amides is 4. The molecule has 2 fully saturated rings. The van der Waals surface area contributed by atoms with Crippen LogP contribution in [-0.2, 0) is 16.0 Å². The highest BCUT2D eigenvalue weighted by molar-refractivity contribution is 6.07. The Kier molecular flexibility index (Phi) is 4.09. The summed E-state index contributed by atoms with van der Waals surface area (Å²) >= 11 is 0. The van der Waals surface area contributed by atoms with Gasteiger partial charge in [0.25, 0.3) is 5.91 Å². The molecule has 4 rings (SSSR count). The summed E-state index contributed by atoms with van der Waals surface area (Å²) in [6.07, 6.45) is 1.16. The molecule has 4 amide bonds. The van der Waals surface area contributed by atoms with Crippen molar-refractivity contribution in [1.82, 2.24) is 20.5 Å². The van der Waals surface area contributed by atoms with Gasteiger partial charge in [0.2, 0.25) is 5.91 Å². The minimum absolute atomic E-state index is 0.0258. The van der Waals surface area contributed by atoms with Crippen molar-refractivity contribution in [3.05, 3.63) is 41.1 Å². The zero-order valence-electron chi connectivity index (χ0n) is 15.5. The summed E-state index contributed by atoms with van der Waals surface area (Å²) in [5, 5.41) is 6.08. The standard InChI is InChI=1S/C20H22N4O3/c1-12-14-5-3-4-6-16(14)21-13(2)15(12)11-17(25)24-9-7-20(8-10-24)18(26)22-19(27)23-20/h3-6H,7-11H2,1-2H3,(H2,22,23,26,27). The van der Waals surface area contributed by atoms with Gasteiger partial charge in [-0.25, -0.2) is 4.79 Å². The third-order valence-corrected chi connectivity index (χ3v) is 5.80. The van der Waals surface area contributed by atoms with Crippen LogP contribution < -0.4 is 10.6 Å². The highest BCUT2D eigenvalue weighted by atomic mass is 16.2. The molecule has 1 spiro atoms. The number of aromatic nitrogens is 1. The average molecular weight is 366 g/mol. The Morgan fingerprint density at radius 2 is 1.89 bits per heavy atom. The fraction of sp³-hybridized carbons (Fsp3) is 0.400. The van der Waals surface area contributed by atoms with Gasteiger partial charge < -0.3 is 10.2 Å². The van der Waals surface area contributed by atoms with Crippen LogP contribution in [0.15, 0.2) is 24.3 Å². The van der Waals surface area contributed by atoms with E-state index >= 15 is 0 Å². The van der Waals surface area contributed by atoms with E-state index in [4.69, 9.17) is 0 Å². The van der Waals surface area contributed by atoms with E-state index in [1.165, 1.54) is 0 Å².